The number of hydrogen-bond acceptors (Lipinski definition) is 2. The average Bonchev–Trinajstić information content (AvgIpc) is 2.10. The van der Waals surface area contributed by atoms with E-state index in [0.29, 0.717) is 10.7 Å². The summed E-state index contributed by atoms with van der Waals surface area (Å²) in [7, 11) is 0. The molecule has 1 amide bonds. The maximum Gasteiger partial charge on any atom is 0.238 e. The van der Waals surface area contributed by atoms with Gasteiger partial charge in [0.25, 0.3) is 0 Å². The number of carbonyl (C=O) groups is 1. The third kappa shape index (κ3) is 3.02. The van der Waals surface area contributed by atoms with Crippen LogP contribution in [0.2, 0.25) is 5.02 Å². The van der Waals surface area contributed by atoms with Crippen LogP contribution in [0.25, 0.3) is 0 Å². The van der Waals surface area contributed by atoms with E-state index in [4.69, 9.17) is 16.9 Å². The number of hydrogen-bond donors (Lipinski definition) is 1. The van der Waals surface area contributed by atoms with Crippen molar-refractivity contribution in [2.45, 2.75) is 6.42 Å². The minimum absolute atomic E-state index is 0.174. The Kier molecular flexibility index (Phi) is 3.93. The molecule has 72 valence electrons. The molecule has 1 aromatic carbocycles. The Bertz CT molecular complexity index is 400. The van der Waals surface area contributed by atoms with E-state index in [1.165, 1.54) is 0 Å². The molecule has 0 fully saturated rings. The number of amides is 1. The van der Waals surface area contributed by atoms with Gasteiger partial charge in [-0.15, -0.1) is 0 Å². The highest BCUT2D eigenvalue weighted by Crippen LogP contribution is 2.25. The predicted molar refractivity (Wildman–Crippen MR) is 58.0 cm³/mol. The summed E-state index contributed by atoms with van der Waals surface area (Å²) in [6.07, 6.45) is -0.174. The summed E-state index contributed by atoms with van der Waals surface area (Å²) in [5.74, 6) is -0.364. The van der Waals surface area contributed by atoms with Gasteiger partial charge in [0, 0.05) is 4.47 Å². The van der Waals surface area contributed by atoms with Gasteiger partial charge in [0.1, 0.15) is 6.42 Å². The second kappa shape index (κ2) is 4.99. The third-order valence-electron chi connectivity index (χ3n) is 1.44. The molecule has 0 spiro atoms. The summed E-state index contributed by atoms with van der Waals surface area (Å²) in [4.78, 5) is 11.0. The van der Waals surface area contributed by atoms with Crippen molar-refractivity contribution >= 4 is 39.1 Å². The van der Waals surface area contributed by atoms with Gasteiger partial charge in [-0.25, -0.2) is 0 Å². The number of benzene rings is 1. The second-order valence-electron chi connectivity index (χ2n) is 2.51. The van der Waals surface area contributed by atoms with Crippen LogP contribution < -0.4 is 5.32 Å². The highest BCUT2D eigenvalue weighted by Gasteiger charge is 2.04. The standard InChI is InChI=1S/C9H6BrClN2O/c10-6-1-2-8(7(11)5-6)13-9(14)3-4-12/h1-2,5H,3H2,(H,13,14). The fourth-order valence-electron chi connectivity index (χ4n) is 0.857. The van der Waals surface area contributed by atoms with Crippen molar-refractivity contribution < 1.29 is 4.79 Å². The Labute approximate surface area is 94.8 Å². The maximum absolute atomic E-state index is 11.0. The molecule has 5 heteroatoms. The van der Waals surface area contributed by atoms with Gasteiger partial charge in [0.05, 0.1) is 16.8 Å². The van der Waals surface area contributed by atoms with Gasteiger partial charge in [0.15, 0.2) is 0 Å². The van der Waals surface area contributed by atoms with Gasteiger partial charge in [-0.1, -0.05) is 27.5 Å². The van der Waals surface area contributed by atoms with Gasteiger partial charge in [-0.05, 0) is 18.2 Å². The Hall–Kier alpha value is -1.05. The topological polar surface area (TPSA) is 52.9 Å². The lowest BCUT2D eigenvalue weighted by Gasteiger charge is -2.04. The van der Waals surface area contributed by atoms with Crippen molar-refractivity contribution in [3.8, 4) is 6.07 Å². The van der Waals surface area contributed by atoms with Crippen LogP contribution in [0.15, 0.2) is 22.7 Å². The Morgan fingerprint density at radius 3 is 2.93 bits per heavy atom. The van der Waals surface area contributed by atoms with Gasteiger partial charge < -0.3 is 5.32 Å². The molecule has 1 aromatic rings. The van der Waals surface area contributed by atoms with Crippen LogP contribution in [0.1, 0.15) is 6.42 Å². The smallest absolute Gasteiger partial charge is 0.238 e. The summed E-state index contributed by atoms with van der Waals surface area (Å²) in [6.45, 7) is 0. The fraction of sp³-hybridized carbons (Fsp3) is 0.111. The van der Waals surface area contributed by atoms with Gasteiger partial charge in [-0.2, -0.15) is 5.26 Å². The predicted octanol–water partition coefficient (Wildman–Crippen LogP) is 2.95. The molecular weight excluding hydrogens is 267 g/mol. The van der Waals surface area contributed by atoms with Crippen LogP contribution >= 0.6 is 27.5 Å². The van der Waals surface area contributed by atoms with Crippen LogP contribution in [0.4, 0.5) is 5.69 Å². The van der Waals surface area contributed by atoms with E-state index >= 15 is 0 Å². The molecule has 0 aliphatic rings. The van der Waals surface area contributed by atoms with Crippen molar-refractivity contribution in [1.82, 2.24) is 0 Å². The van der Waals surface area contributed by atoms with E-state index in [-0.39, 0.29) is 12.3 Å². The largest absolute Gasteiger partial charge is 0.324 e. The lowest BCUT2D eigenvalue weighted by molar-refractivity contribution is -0.115. The first-order valence-corrected chi connectivity index (χ1v) is 4.92. The highest BCUT2D eigenvalue weighted by atomic mass is 79.9. The molecule has 0 heterocycles. The maximum atomic E-state index is 11.0. The van der Waals surface area contributed by atoms with Gasteiger partial charge >= 0.3 is 0 Å². The molecule has 0 radical (unpaired) electrons. The van der Waals surface area contributed by atoms with E-state index in [1.54, 1.807) is 24.3 Å². The fourth-order valence-corrected chi connectivity index (χ4v) is 1.58. The van der Waals surface area contributed by atoms with E-state index < -0.39 is 0 Å². The van der Waals surface area contributed by atoms with Crippen molar-refractivity contribution in [2.24, 2.45) is 0 Å². The van der Waals surface area contributed by atoms with Crippen molar-refractivity contribution in [1.29, 1.82) is 5.26 Å². The van der Waals surface area contributed by atoms with Crippen molar-refractivity contribution in [3.63, 3.8) is 0 Å². The van der Waals surface area contributed by atoms with Crippen LogP contribution in [-0.2, 0) is 4.79 Å². The van der Waals surface area contributed by atoms with E-state index in [9.17, 15) is 4.79 Å². The van der Waals surface area contributed by atoms with Crippen LogP contribution in [-0.4, -0.2) is 5.91 Å². The summed E-state index contributed by atoms with van der Waals surface area (Å²) in [5.41, 5.74) is 0.509. The number of carbonyl (C=O) groups excluding carboxylic acids is 1. The van der Waals surface area contributed by atoms with Crippen LogP contribution in [0, 0.1) is 11.3 Å². The van der Waals surface area contributed by atoms with E-state index in [2.05, 4.69) is 21.2 Å². The molecule has 3 nitrogen and oxygen atoms in total. The number of nitriles is 1. The highest BCUT2D eigenvalue weighted by molar-refractivity contribution is 9.10. The molecule has 0 aliphatic carbocycles. The molecule has 0 atom stereocenters. The summed E-state index contributed by atoms with van der Waals surface area (Å²) >= 11 is 9.09. The van der Waals surface area contributed by atoms with Crippen molar-refractivity contribution in [2.75, 3.05) is 5.32 Å². The summed E-state index contributed by atoms with van der Waals surface area (Å²) in [6, 6.07) is 6.85. The Balaban J connectivity index is 2.78. The monoisotopic (exact) mass is 272 g/mol. The molecular formula is C9H6BrClN2O. The minimum Gasteiger partial charge on any atom is -0.324 e. The second-order valence-corrected chi connectivity index (χ2v) is 3.83. The number of anilines is 1. The molecule has 1 rings (SSSR count). The quantitative estimate of drug-likeness (QED) is 0.900. The number of rotatable bonds is 2. The van der Waals surface area contributed by atoms with E-state index in [1.807, 2.05) is 0 Å². The first-order chi connectivity index (χ1) is 6.63. The summed E-state index contributed by atoms with van der Waals surface area (Å²) < 4.78 is 0.834. The van der Waals surface area contributed by atoms with Crippen LogP contribution in [0.5, 0.6) is 0 Å². The molecule has 0 unspecified atom stereocenters. The molecule has 0 aromatic heterocycles. The zero-order valence-electron chi connectivity index (χ0n) is 7.05. The molecule has 1 N–H and O–H groups in total. The lowest BCUT2D eigenvalue weighted by Crippen LogP contribution is -2.10. The lowest BCUT2D eigenvalue weighted by atomic mass is 10.3. The SMILES string of the molecule is N#CCC(=O)Nc1ccc(Br)cc1Cl. The molecule has 14 heavy (non-hydrogen) atoms. The summed E-state index contributed by atoms with van der Waals surface area (Å²) in [5, 5.41) is 11.2. The number of halogens is 2. The zero-order valence-corrected chi connectivity index (χ0v) is 9.39. The molecule has 0 aliphatic heterocycles. The van der Waals surface area contributed by atoms with E-state index in [0.717, 1.165) is 4.47 Å². The average molecular weight is 274 g/mol. The zero-order chi connectivity index (χ0) is 10.6. The molecule has 0 bridgehead atoms. The Morgan fingerprint density at radius 1 is 1.64 bits per heavy atom. The first-order valence-electron chi connectivity index (χ1n) is 3.75. The minimum atomic E-state index is -0.364. The van der Waals surface area contributed by atoms with Gasteiger partial charge in [-0.3, -0.25) is 4.79 Å². The Morgan fingerprint density at radius 2 is 2.36 bits per heavy atom. The molecule has 0 saturated heterocycles. The first kappa shape index (κ1) is 11.0. The molecule has 0 saturated carbocycles. The normalized spacial score (nSPS) is 9.21. The van der Waals surface area contributed by atoms with Crippen LogP contribution in [0.3, 0.4) is 0 Å². The van der Waals surface area contributed by atoms with Gasteiger partial charge in [0.2, 0.25) is 5.91 Å². The number of nitrogens with one attached hydrogen (secondary N) is 1. The number of nitrogens with zero attached hydrogens (tertiary/aromatic N) is 1. The van der Waals surface area contributed by atoms with Crippen molar-refractivity contribution in [3.05, 3.63) is 27.7 Å². The third-order valence-corrected chi connectivity index (χ3v) is 2.25.